The van der Waals surface area contributed by atoms with Crippen molar-refractivity contribution in [2.45, 2.75) is 39.7 Å². The lowest BCUT2D eigenvalue weighted by molar-refractivity contribution is 0.388. The van der Waals surface area contributed by atoms with Gasteiger partial charge in [0.05, 0.1) is 7.11 Å². The number of halogens is 1. The second kappa shape index (κ2) is 7.65. The fourth-order valence-electron chi connectivity index (χ4n) is 2.09. The van der Waals surface area contributed by atoms with E-state index in [4.69, 9.17) is 16.3 Å². The molecule has 0 radical (unpaired) electrons. The summed E-state index contributed by atoms with van der Waals surface area (Å²) in [6.07, 6.45) is 2.31. The molecule has 0 aromatic heterocycles. The molecule has 1 aromatic carbocycles. The zero-order valence-corrected chi connectivity index (χ0v) is 12.6. The Morgan fingerprint density at radius 2 is 2.00 bits per heavy atom. The van der Waals surface area contributed by atoms with E-state index in [1.807, 2.05) is 12.1 Å². The Morgan fingerprint density at radius 3 is 2.56 bits per heavy atom. The zero-order valence-electron chi connectivity index (χ0n) is 11.8. The second-order valence-corrected chi connectivity index (χ2v) is 5.40. The minimum atomic E-state index is 0.338. The van der Waals surface area contributed by atoms with Crippen molar-refractivity contribution in [3.63, 3.8) is 0 Å². The van der Waals surface area contributed by atoms with Crippen LogP contribution in [0.4, 0.5) is 0 Å². The van der Waals surface area contributed by atoms with Crippen LogP contribution in [0.25, 0.3) is 0 Å². The summed E-state index contributed by atoms with van der Waals surface area (Å²) in [5, 5.41) is 4.24. The lowest BCUT2D eigenvalue weighted by atomic mass is 9.97. The Balaban J connectivity index is 2.89. The standard InChI is InChI=1S/C15H24ClNO/c1-5-17-14(9-6-11(2)3)13-8-7-12(16)10-15(13)18-4/h7-8,10-11,14,17H,5-6,9H2,1-4H3. The number of hydrogen-bond acceptors (Lipinski definition) is 2. The monoisotopic (exact) mass is 269 g/mol. The van der Waals surface area contributed by atoms with E-state index in [1.54, 1.807) is 7.11 Å². The Bertz CT molecular complexity index is 366. The molecule has 0 heterocycles. The quantitative estimate of drug-likeness (QED) is 0.790. The molecule has 1 aromatic rings. The van der Waals surface area contributed by atoms with E-state index in [0.29, 0.717) is 12.0 Å². The molecule has 0 aliphatic rings. The van der Waals surface area contributed by atoms with Crippen LogP contribution in [0.1, 0.15) is 45.2 Å². The smallest absolute Gasteiger partial charge is 0.125 e. The van der Waals surface area contributed by atoms with Gasteiger partial charge in [0.2, 0.25) is 0 Å². The Labute approximate surface area is 116 Å². The van der Waals surface area contributed by atoms with Crippen molar-refractivity contribution in [3.05, 3.63) is 28.8 Å². The van der Waals surface area contributed by atoms with Gasteiger partial charge >= 0.3 is 0 Å². The fourth-order valence-corrected chi connectivity index (χ4v) is 2.25. The summed E-state index contributed by atoms with van der Waals surface area (Å²) in [5.41, 5.74) is 1.20. The molecule has 0 fully saturated rings. The number of nitrogens with one attached hydrogen (secondary N) is 1. The lowest BCUT2D eigenvalue weighted by Gasteiger charge is -2.21. The molecular weight excluding hydrogens is 246 g/mol. The molecule has 3 heteroatoms. The van der Waals surface area contributed by atoms with E-state index in [1.165, 1.54) is 12.0 Å². The molecule has 0 saturated carbocycles. The maximum Gasteiger partial charge on any atom is 0.125 e. The van der Waals surface area contributed by atoms with Gasteiger partial charge in [-0.1, -0.05) is 38.4 Å². The van der Waals surface area contributed by atoms with Crippen molar-refractivity contribution in [2.24, 2.45) is 5.92 Å². The van der Waals surface area contributed by atoms with Crippen LogP contribution in [0.3, 0.4) is 0 Å². The number of rotatable bonds is 7. The number of ether oxygens (including phenoxy) is 1. The minimum absolute atomic E-state index is 0.338. The molecule has 0 amide bonds. The van der Waals surface area contributed by atoms with E-state index in [-0.39, 0.29) is 0 Å². The summed E-state index contributed by atoms with van der Waals surface area (Å²) in [7, 11) is 1.70. The fraction of sp³-hybridized carbons (Fsp3) is 0.600. The molecule has 1 unspecified atom stereocenters. The van der Waals surface area contributed by atoms with Crippen molar-refractivity contribution >= 4 is 11.6 Å². The molecule has 0 spiro atoms. The molecule has 18 heavy (non-hydrogen) atoms. The van der Waals surface area contributed by atoms with Crippen molar-refractivity contribution < 1.29 is 4.74 Å². The third-order valence-corrected chi connectivity index (χ3v) is 3.29. The molecule has 1 atom stereocenters. The van der Waals surface area contributed by atoms with E-state index in [9.17, 15) is 0 Å². The first kappa shape index (κ1) is 15.3. The zero-order chi connectivity index (χ0) is 13.5. The summed E-state index contributed by atoms with van der Waals surface area (Å²) >= 11 is 6.00. The van der Waals surface area contributed by atoms with Gasteiger partial charge in [0.15, 0.2) is 0 Å². The van der Waals surface area contributed by atoms with Crippen molar-refractivity contribution in [1.82, 2.24) is 5.32 Å². The SMILES string of the molecule is CCNC(CCC(C)C)c1ccc(Cl)cc1OC. The molecule has 0 aliphatic carbocycles. The van der Waals surface area contributed by atoms with Crippen LogP contribution in [0, 0.1) is 5.92 Å². The van der Waals surface area contributed by atoms with Crippen molar-refractivity contribution in [3.8, 4) is 5.75 Å². The Kier molecular flexibility index (Phi) is 6.51. The second-order valence-electron chi connectivity index (χ2n) is 4.97. The highest BCUT2D eigenvalue weighted by Crippen LogP contribution is 2.31. The lowest BCUT2D eigenvalue weighted by Crippen LogP contribution is -2.22. The summed E-state index contributed by atoms with van der Waals surface area (Å²) in [6, 6.07) is 6.22. The molecule has 0 bridgehead atoms. The third kappa shape index (κ3) is 4.51. The van der Waals surface area contributed by atoms with E-state index < -0.39 is 0 Å². The summed E-state index contributed by atoms with van der Waals surface area (Å²) in [4.78, 5) is 0. The molecule has 0 saturated heterocycles. The molecule has 102 valence electrons. The highest BCUT2D eigenvalue weighted by molar-refractivity contribution is 6.30. The highest BCUT2D eigenvalue weighted by atomic mass is 35.5. The third-order valence-electron chi connectivity index (χ3n) is 3.05. The van der Waals surface area contributed by atoms with Crippen LogP contribution >= 0.6 is 11.6 Å². The minimum Gasteiger partial charge on any atom is -0.496 e. The van der Waals surface area contributed by atoms with Gasteiger partial charge in [-0.25, -0.2) is 0 Å². The van der Waals surface area contributed by atoms with Gasteiger partial charge in [-0.3, -0.25) is 0 Å². The van der Waals surface area contributed by atoms with Gasteiger partial charge < -0.3 is 10.1 Å². The van der Waals surface area contributed by atoms with Gasteiger partial charge in [0.1, 0.15) is 5.75 Å². The van der Waals surface area contributed by atoms with Crippen LogP contribution in [0.2, 0.25) is 5.02 Å². The predicted molar refractivity (Wildman–Crippen MR) is 78.5 cm³/mol. The number of hydrogen-bond donors (Lipinski definition) is 1. The van der Waals surface area contributed by atoms with E-state index >= 15 is 0 Å². The van der Waals surface area contributed by atoms with Gasteiger partial charge in [-0.2, -0.15) is 0 Å². The molecule has 2 nitrogen and oxygen atoms in total. The summed E-state index contributed by atoms with van der Waals surface area (Å²) in [6.45, 7) is 7.59. The maximum absolute atomic E-state index is 6.00. The average Bonchev–Trinajstić information content (AvgIpc) is 2.34. The van der Waals surface area contributed by atoms with Crippen molar-refractivity contribution in [1.29, 1.82) is 0 Å². The summed E-state index contributed by atoms with van der Waals surface area (Å²) < 4.78 is 5.44. The van der Waals surface area contributed by atoms with E-state index in [2.05, 4.69) is 32.2 Å². The first-order valence-electron chi connectivity index (χ1n) is 6.65. The first-order valence-corrected chi connectivity index (χ1v) is 7.03. The average molecular weight is 270 g/mol. The van der Waals surface area contributed by atoms with Crippen molar-refractivity contribution in [2.75, 3.05) is 13.7 Å². The maximum atomic E-state index is 6.00. The van der Waals surface area contributed by atoms with Gasteiger partial charge in [-0.15, -0.1) is 0 Å². The largest absolute Gasteiger partial charge is 0.496 e. The van der Waals surface area contributed by atoms with Crippen LogP contribution in [0.15, 0.2) is 18.2 Å². The van der Waals surface area contributed by atoms with Crippen LogP contribution in [-0.2, 0) is 0 Å². The van der Waals surface area contributed by atoms with Gasteiger partial charge in [0.25, 0.3) is 0 Å². The molecular formula is C15H24ClNO. The molecule has 1 rings (SSSR count). The topological polar surface area (TPSA) is 21.3 Å². The Morgan fingerprint density at radius 1 is 1.28 bits per heavy atom. The Hall–Kier alpha value is -0.730. The molecule has 0 aliphatic heterocycles. The summed E-state index contributed by atoms with van der Waals surface area (Å²) in [5.74, 6) is 1.58. The van der Waals surface area contributed by atoms with Crippen LogP contribution < -0.4 is 10.1 Å². The van der Waals surface area contributed by atoms with Crippen LogP contribution in [0.5, 0.6) is 5.75 Å². The first-order chi connectivity index (χ1) is 8.58. The van der Waals surface area contributed by atoms with Crippen LogP contribution in [-0.4, -0.2) is 13.7 Å². The number of benzene rings is 1. The van der Waals surface area contributed by atoms with Gasteiger partial charge in [-0.05, 0) is 37.4 Å². The number of methoxy groups -OCH3 is 1. The molecule has 1 N–H and O–H groups in total. The highest BCUT2D eigenvalue weighted by Gasteiger charge is 2.15. The van der Waals surface area contributed by atoms with E-state index in [0.717, 1.165) is 23.7 Å². The normalized spacial score (nSPS) is 12.8. The predicted octanol–water partition coefficient (Wildman–Crippen LogP) is 4.44. The van der Waals surface area contributed by atoms with Gasteiger partial charge in [0, 0.05) is 16.6 Å².